The zero-order chi connectivity index (χ0) is 17.3. The van der Waals surface area contributed by atoms with Gasteiger partial charge in [0.05, 0.1) is 5.56 Å². The van der Waals surface area contributed by atoms with Crippen LogP contribution in [0, 0.1) is 6.92 Å². The van der Waals surface area contributed by atoms with Crippen LogP contribution < -0.4 is 4.90 Å². The number of anilines is 1. The van der Waals surface area contributed by atoms with Gasteiger partial charge in [0.1, 0.15) is 11.5 Å². The van der Waals surface area contributed by atoms with Crippen molar-refractivity contribution in [1.82, 2.24) is 20.1 Å². The Balaban J connectivity index is 1.61. The van der Waals surface area contributed by atoms with E-state index in [-0.39, 0.29) is 5.91 Å². The number of carbonyl (C=O) groups excluding carboxylic acids is 1. The maximum Gasteiger partial charge on any atom is 0.417 e. The highest BCUT2D eigenvalue weighted by Gasteiger charge is 2.31. The van der Waals surface area contributed by atoms with Crippen LogP contribution in [0.4, 0.5) is 19.0 Å². The van der Waals surface area contributed by atoms with Gasteiger partial charge in [-0.2, -0.15) is 18.3 Å². The van der Waals surface area contributed by atoms with Gasteiger partial charge in [0.15, 0.2) is 0 Å². The molecule has 128 valence electrons. The van der Waals surface area contributed by atoms with E-state index in [0.29, 0.717) is 37.7 Å². The molecule has 6 nitrogen and oxygen atoms in total. The van der Waals surface area contributed by atoms with Gasteiger partial charge in [-0.1, -0.05) is 0 Å². The Labute approximate surface area is 136 Å². The summed E-state index contributed by atoms with van der Waals surface area (Å²) in [6, 6.07) is 4.07. The molecule has 24 heavy (non-hydrogen) atoms. The number of nitrogens with zero attached hydrogens (tertiary/aromatic N) is 4. The molecular weight excluding hydrogens is 323 g/mol. The van der Waals surface area contributed by atoms with Crippen molar-refractivity contribution in [3.63, 3.8) is 0 Å². The fourth-order valence-corrected chi connectivity index (χ4v) is 2.57. The van der Waals surface area contributed by atoms with Gasteiger partial charge >= 0.3 is 6.18 Å². The first kappa shape index (κ1) is 16.3. The summed E-state index contributed by atoms with van der Waals surface area (Å²) in [5, 5.41) is 6.68. The second-order valence-electron chi connectivity index (χ2n) is 5.62. The lowest BCUT2D eigenvalue weighted by molar-refractivity contribution is -0.137. The maximum absolute atomic E-state index is 12.6. The summed E-state index contributed by atoms with van der Waals surface area (Å²) in [5.41, 5.74) is 0.411. The Bertz CT molecular complexity index is 717. The van der Waals surface area contributed by atoms with E-state index in [9.17, 15) is 18.0 Å². The van der Waals surface area contributed by atoms with Gasteiger partial charge in [-0.25, -0.2) is 4.98 Å². The average Bonchev–Trinajstić information content (AvgIpc) is 3.00. The molecule has 1 aliphatic rings. The number of hydrogen-bond acceptors (Lipinski definition) is 4. The lowest BCUT2D eigenvalue weighted by Gasteiger charge is -2.35. The van der Waals surface area contributed by atoms with Gasteiger partial charge in [0, 0.05) is 38.1 Å². The summed E-state index contributed by atoms with van der Waals surface area (Å²) in [6.45, 7) is 3.76. The number of aromatic amines is 1. The first-order chi connectivity index (χ1) is 11.3. The van der Waals surface area contributed by atoms with Gasteiger partial charge in [-0.05, 0) is 25.1 Å². The van der Waals surface area contributed by atoms with E-state index in [4.69, 9.17) is 0 Å². The van der Waals surface area contributed by atoms with Crippen LogP contribution in [-0.4, -0.2) is 52.2 Å². The van der Waals surface area contributed by atoms with E-state index in [1.54, 1.807) is 11.0 Å². The first-order valence-corrected chi connectivity index (χ1v) is 7.44. The van der Waals surface area contributed by atoms with E-state index in [0.717, 1.165) is 18.0 Å². The minimum Gasteiger partial charge on any atom is -0.353 e. The van der Waals surface area contributed by atoms with Crippen molar-refractivity contribution in [3.8, 4) is 0 Å². The maximum atomic E-state index is 12.6. The van der Waals surface area contributed by atoms with Gasteiger partial charge in [0.2, 0.25) is 0 Å². The molecular formula is C15H16F3N5O. The summed E-state index contributed by atoms with van der Waals surface area (Å²) in [5.74, 6) is 0.324. The third kappa shape index (κ3) is 3.34. The molecule has 0 saturated carbocycles. The number of nitrogens with one attached hydrogen (secondary N) is 1. The largest absolute Gasteiger partial charge is 0.417 e. The van der Waals surface area contributed by atoms with Gasteiger partial charge < -0.3 is 9.80 Å². The van der Waals surface area contributed by atoms with Crippen LogP contribution in [0.3, 0.4) is 0 Å². The lowest BCUT2D eigenvalue weighted by atomic mass is 10.2. The van der Waals surface area contributed by atoms with Crippen molar-refractivity contribution in [3.05, 3.63) is 41.3 Å². The molecule has 1 amide bonds. The second kappa shape index (κ2) is 6.14. The molecule has 3 rings (SSSR count). The molecule has 0 unspecified atom stereocenters. The van der Waals surface area contributed by atoms with E-state index in [2.05, 4.69) is 15.2 Å². The molecule has 1 N–H and O–H groups in total. The molecule has 0 aliphatic carbocycles. The number of hydrogen-bond donors (Lipinski definition) is 1. The molecule has 1 saturated heterocycles. The number of halogens is 3. The van der Waals surface area contributed by atoms with E-state index >= 15 is 0 Å². The molecule has 0 radical (unpaired) electrons. The zero-order valence-corrected chi connectivity index (χ0v) is 13.0. The predicted molar refractivity (Wildman–Crippen MR) is 80.7 cm³/mol. The smallest absolute Gasteiger partial charge is 0.353 e. The average molecular weight is 339 g/mol. The van der Waals surface area contributed by atoms with Crippen molar-refractivity contribution in [2.75, 3.05) is 31.1 Å². The third-order valence-corrected chi connectivity index (χ3v) is 3.89. The van der Waals surface area contributed by atoms with E-state index < -0.39 is 11.7 Å². The molecule has 2 aromatic rings. The minimum absolute atomic E-state index is 0.153. The highest BCUT2D eigenvalue weighted by Crippen LogP contribution is 2.29. The van der Waals surface area contributed by atoms with Crippen molar-refractivity contribution in [2.45, 2.75) is 13.1 Å². The number of alkyl halides is 3. The van der Waals surface area contributed by atoms with Crippen molar-refractivity contribution < 1.29 is 18.0 Å². The Hall–Kier alpha value is -2.58. The van der Waals surface area contributed by atoms with Crippen LogP contribution in [0.25, 0.3) is 0 Å². The standard InChI is InChI=1S/C15H16F3N5O/c1-10-8-12(21-20-10)14(24)23-6-4-22(5-7-23)13-3-2-11(9-19-13)15(16,17)18/h2-3,8-9H,4-7H2,1H3,(H,20,21). The number of H-pyrrole nitrogens is 1. The minimum atomic E-state index is -4.39. The molecule has 0 atom stereocenters. The fraction of sp³-hybridized carbons (Fsp3) is 0.400. The van der Waals surface area contributed by atoms with Crippen LogP contribution in [0.1, 0.15) is 21.7 Å². The zero-order valence-electron chi connectivity index (χ0n) is 13.0. The Morgan fingerprint density at radius 1 is 1.21 bits per heavy atom. The number of pyridine rings is 1. The summed E-state index contributed by atoms with van der Waals surface area (Å²) in [7, 11) is 0. The molecule has 0 spiro atoms. The Kier molecular flexibility index (Phi) is 4.16. The molecule has 2 aromatic heterocycles. The SMILES string of the molecule is Cc1cc(C(=O)N2CCN(c3ccc(C(F)(F)F)cn3)CC2)n[nH]1. The van der Waals surface area contributed by atoms with E-state index in [1.165, 1.54) is 6.07 Å². The molecule has 0 bridgehead atoms. The number of piperazine rings is 1. The van der Waals surface area contributed by atoms with Crippen molar-refractivity contribution >= 4 is 11.7 Å². The number of amides is 1. The second-order valence-corrected chi connectivity index (χ2v) is 5.62. The normalized spacial score (nSPS) is 15.7. The fourth-order valence-electron chi connectivity index (χ4n) is 2.57. The number of carbonyl (C=O) groups is 1. The van der Waals surface area contributed by atoms with E-state index in [1.807, 2.05) is 11.8 Å². The van der Waals surface area contributed by atoms with Crippen LogP contribution in [-0.2, 0) is 6.18 Å². The number of aryl methyl sites for hydroxylation is 1. The van der Waals surface area contributed by atoms with Crippen molar-refractivity contribution in [1.29, 1.82) is 0 Å². The predicted octanol–water partition coefficient (Wildman–Crippen LogP) is 2.09. The Morgan fingerprint density at radius 2 is 1.92 bits per heavy atom. The van der Waals surface area contributed by atoms with Gasteiger partial charge in [0.25, 0.3) is 5.91 Å². The molecule has 3 heterocycles. The summed E-state index contributed by atoms with van der Waals surface area (Å²) in [6.07, 6.45) is -3.56. The summed E-state index contributed by atoms with van der Waals surface area (Å²) < 4.78 is 37.7. The van der Waals surface area contributed by atoms with Crippen LogP contribution in [0.2, 0.25) is 0 Å². The summed E-state index contributed by atoms with van der Waals surface area (Å²) in [4.78, 5) is 19.7. The molecule has 0 aromatic carbocycles. The molecule has 9 heteroatoms. The van der Waals surface area contributed by atoms with Gasteiger partial charge in [-0.15, -0.1) is 0 Å². The highest BCUT2D eigenvalue weighted by molar-refractivity contribution is 5.92. The number of rotatable bonds is 2. The topological polar surface area (TPSA) is 65.1 Å². The molecule has 1 aliphatic heterocycles. The molecule has 1 fully saturated rings. The monoisotopic (exact) mass is 339 g/mol. The quantitative estimate of drug-likeness (QED) is 0.910. The van der Waals surface area contributed by atoms with Crippen molar-refractivity contribution in [2.24, 2.45) is 0 Å². The first-order valence-electron chi connectivity index (χ1n) is 7.44. The van der Waals surface area contributed by atoms with Crippen LogP contribution in [0.5, 0.6) is 0 Å². The van der Waals surface area contributed by atoms with Crippen LogP contribution >= 0.6 is 0 Å². The van der Waals surface area contributed by atoms with Gasteiger partial charge in [-0.3, -0.25) is 9.89 Å². The summed E-state index contributed by atoms with van der Waals surface area (Å²) >= 11 is 0. The third-order valence-electron chi connectivity index (χ3n) is 3.89. The Morgan fingerprint density at radius 3 is 2.42 bits per heavy atom. The van der Waals surface area contributed by atoms with Crippen LogP contribution in [0.15, 0.2) is 24.4 Å². The lowest BCUT2D eigenvalue weighted by Crippen LogP contribution is -2.49. The number of aromatic nitrogens is 3. The highest BCUT2D eigenvalue weighted by atomic mass is 19.4.